The fraction of sp³-hybridized carbons (Fsp3) is 0.103. The number of benzene rings is 18. The first kappa shape index (κ1) is 70.1. The minimum absolute atomic E-state index is 0.00418. The zero-order valence-electron chi connectivity index (χ0n) is 70.7. The maximum absolute atomic E-state index is 2.67. The molecule has 28 rings (SSSR count). The molecule has 0 unspecified atom stereocenters. The zero-order valence-corrected chi connectivity index (χ0v) is 70.7. The first-order valence-electron chi connectivity index (χ1n) is 44.1. The van der Waals surface area contributed by atoms with Gasteiger partial charge in [0.05, 0.1) is 55.2 Å². The van der Waals surface area contributed by atoms with Gasteiger partial charge in [-0.05, 0) is 219 Å². The lowest BCUT2D eigenvalue weighted by Gasteiger charge is -2.35. The van der Waals surface area contributed by atoms with Crippen LogP contribution in [0.5, 0.6) is 0 Å². The molecule has 10 heterocycles. The maximum atomic E-state index is 2.67. The molecule has 0 bridgehead atoms. The molecule has 0 fully saturated rings. The highest BCUT2D eigenvalue weighted by molar-refractivity contribution is 7.01. The Kier molecular flexibility index (Phi) is 13.9. The molecule has 0 atom stereocenters. The fourth-order valence-electron chi connectivity index (χ4n) is 23.1. The minimum Gasteiger partial charge on any atom is -0.310 e. The van der Waals surface area contributed by atoms with Gasteiger partial charge in [-0.3, -0.25) is 0 Å². The Hall–Kier alpha value is -14.6. The van der Waals surface area contributed by atoms with E-state index >= 15 is 0 Å². The summed E-state index contributed by atoms with van der Waals surface area (Å²) in [6, 6.07) is 132. The van der Waals surface area contributed by atoms with Crippen LogP contribution < -0.4 is 32.8 Å². The summed E-state index contributed by atoms with van der Waals surface area (Å²) < 4.78 is 15.6. The number of hydrogen-bond donors (Lipinski definition) is 0. The molecule has 0 radical (unpaired) electrons. The van der Waals surface area contributed by atoms with Gasteiger partial charge in [0, 0.05) is 110 Å². The van der Waals surface area contributed by atoms with E-state index in [2.05, 4.69) is 435 Å². The molecule has 0 N–H and O–H groups in total. The largest absolute Gasteiger partial charge is 0.310 e. The normalized spacial score (nSPS) is 13.3. The molecule has 124 heavy (non-hydrogen) atoms. The van der Waals surface area contributed by atoms with Crippen molar-refractivity contribution in [2.75, 3.05) is 0 Å². The number of nitrogens with zero attached hydrogens (tertiary/aromatic N) is 6. The zero-order chi connectivity index (χ0) is 82.6. The van der Waals surface area contributed by atoms with Crippen LogP contribution in [-0.2, 0) is 16.2 Å². The topological polar surface area (TPSA) is 29.6 Å². The fourth-order valence-corrected chi connectivity index (χ4v) is 23.1. The first-order chi connectivity index (χ1) is 60.4. The highest BCUT2D eigenvalue weighted by atomic mass is 15.1. The number of aromatic nitrogens is 6. The number of rotatable bonds is 4. The molecule has 6 aromatic heterocycles. The van der Waals surface area contributed by atoms with Crippen LogP contribution in [0.2, 0.25) is 0 Å². The van der Waals surface area contributed by atoms with Gasteiger partial charge in [0.25, 0.3) is 13.4 Å². The summed E-state index contributed by atoms with van der Waals surface area (Å²) in [5.41, 5.74) is 39.9. The minimum atomic E-state index is -0.0624. The van der Waals surface area contributed by atoms with Crippen LogP contribution in [0.25, 0.3) is 209 Å². The van der Waals surface area contributed by atoms with Crippen molar-refractivity contribution in [3.8, 4) is 56.4 Å². The van der Waals surface area contributed by atoms with E-state index in [1.54, 1.807) is 0 Å². The van der Waals surface area contributed by atoms with E-state index in [1.807, 2.05) is 0 Å². The molecule has 0 saturated carbocycles. The van der Waals surface area contributed by atoms with Crippen LogP contribution in [0.4, 0.5) is 0 Å². The summed E-state index contributed by atoms with van der Waals surface area (Å²) >= 11 is 0. The Morgan fingerprint density at radius 1 is 0.194 bits per heavy atom. The standard InChI is InChI=1S/C60H46BN3.C56H38BN3/c1-59(2,3)39-25-26-50-43(31-39)44-32-40(60(4,5)6)33-47-56(44)63(50)52-29-38(35-17-9-7-10-18-35)30-53-55(52)61(47)48-34-45-42-23-15-16-24-49(42)62(41-21-11-8-12-22-41)57(45)54-46-27-36-19-13-14-20-37(36)28-51(46)64(53)58(48)54;1-56(2,3)37-26-24-33(25-27-37)36-30-49-52-50(31-36)60-48-29-35-15-8-7-14-34(35)28-42(48)40-20-13-21-44(53(40)60)57(52)45-32-43-39-18-9-11-22-46(39)58(38-16-5-4-6-17-38)54(43)51-41-19-10-12-23-47(41)59(49)55(45)51/h7-34H,1-6H3;4-32H,1-3H3. The Morgan fingerprint density at radius 2 is 0.556 bits per heavy atom. The molecule has 8 heteroatoms. The van der Waals surface area contributed by atoms with Gasteiger partial charge < -0.3 is 27.4 Å². The molecule has 0 spiro atoms. The molecule has 0 amide bonds. The second-order valence-electron chi connectivity index (χ2n) is 38.7. The Labute approximate surface area is 718 Å². The van der Waals surface area contributed by atoms with Crippen molar-refractivity contribution < 1.29 is 0 Å². The van der Waals surface area contributed by atoms with E-state index in [1.165, 1.54) is 258 Å². The van der Waals surface area contributed by atoms with Crippen LogP contribution in [-0.4, -0.2) is 40.8 Å². The van der Waals surface area contributed by atoms with Gasteiger partial charge in [0.1, 0.15) is 0 Å². The van der Waals surface area contributed by atoms with Gasteiger partial charge in [0.15, 0.2) is 0 Å². The van der Waals surface area contributed by atoms with Crippen molar-refractivity contribution in [3.63, 3.8) is 0 Å². The van der Waals surface area contributed by atoms with Crippen LogP contribution in [0.1, 0.15) is 79.0 Å². The highest BCUT2D eigenvalue weighted by Gasteiger charge is 2.46. The smallest absolute Gasteiger partial charge is 0.252 e. The molecule has 584 valence electrons. The van der Waals surface area contributed by atoms with Gasteiger partial charge in [0.2, 0.25) is 0 Å². The van der Waals surface area contributed by atoms with Crippen LogP contribution in [0, 0.1) is 0 Å². The summed E-state index contributed by atoms with van der Waals surface area (Å²) in [6.45, 7) is 21.0. The second-order valence-corrected chi connectivity index (χ2v) is 38.7. The lowest BCUT2D eigenvalue weighted by Crippen LogP contribution is -2.59. The van der Waals surface area contributed by atoms with E-state index in [0.717, 1.165) is 0 Å². The molecule has 0 aliphatic carbocycles. The number of fused-ring (bicyclic) bond motifs is 30. The van der Waals surface area contributed by atoms with Crippen LogP contribution in [0.15, 0.2) is 346 Å². The van der Waals surface area contributed by atoms with E-state index in [4.69, 9.17) is 0 Å². The predicted octanol–water partition coefficient (Wildman–Crippen LogP) is 25.8. The van der Waals surface area contributed by atoms with Crippen molar-refractivity contribution in [2.45, 2.75) is 78.6 Å². The molecule has 4 aliphatic rings. The predicted molar refractivity (Wildman–Crippen MR) is 530 cm³/mol. The lowest BCUT2D eigenvalue weighted by molar-refractivity contribution is 0.590. The number of para-hydroxylation sites is 6. The van der Waals surface area contributed by atoms with Crippen LogP contribution >= 0.6 is 0 Å². The summed E-state index contributed by atoms with van der Waals surface area (Å²) in [5.74, 6) is 0. The SMILES string of the molecule is CC(C)(C)c1ccc(-c2cc3c4c(c2)-n2c5ccccc5c5c2c(cc2c6ccccc6n(-c6ccccc6)c25)B4c2cccc4c5cc6ccccc6cc5n-3c24)cc1.CC(C)(C)c1ccc2c(c1)c1cc(C(C)(C)C)cc3c1n2-c1cc(-c2ccccc2)cc2c1B3c1cc3c4ccccc4n(-c4ccccc4)c3c3c4cc5ccccc5cc4n-2c13. The molecule has 18 aromatic carbocycles. The molecular formula is C116H84B2N6. The Bertz CT molecular complexity index is 8910. The van der Waals surface area contributed by atoms with Crippen LogP contribution in [0.3, 0.4) is 0 Å². The Morgan fingerprint density at radius 3 is 1.10 bits per heavy atom. The molecular weight excluding hydrogens is 1500 g/mol. The summed E-state index contributed by atoms with van der Waals surface area (Å²) in [5, 5.41) is 20.7. The molecule has 0 saturated heterocycles. The average Bonchev–Trinajstić information content (AvgIpc) is 1.51. The van der Waals surface area contributed by atoms with E-state index in [0.29, 0.717) is 0 Å². The van der Waals surface area contributed by atoms with Gasteiger partial charge in [-0.15, -0.1) is 0 Å². The van der Waals surface area contributed by atoms with Gasteiger partial charge in [-0.1, -0.05) is 299 Å². The summed E-state index contributed by atoms with van der Waals surface area (Å²) in [7, 11) is 0. The Balaban J connectivity index is 0.000000130. The second kappa shape index (κ2) is 24.6. The van der Waals surface area contributed by atoms with Gasteiger partial charge in [-0.25, -0.2) is 0 Å². The van der Waals surface area contributed by atoms with Crippen molar-refractivity contribution in [1.82, 2.24) is 27.4 Å². The molecule has 24 aromatic rings. The third-order valence-electron chi connectivity index (χ3n) is 28.7. The third-order valence-corrected chi connectivity index (χ3v) is 28.7. The van der Waals surface area contributed by atoms with Crippen molar-refractivity contribution in [1.29, 1.82) is 0 Å². The summed E-state index contributed by atoms with van der Waals surface area (Å²) in [4.78, 5) is 0. The van der Waals surface area contributed by atoms with E-state index < -0.39 is 0 Å². The van der Waals surface area contributed by atoms with Crippen molar-refractivity contribution in [3.05, 3.63) is 362 Å². The maximum Gasteiger partial charge on any atom is 0.252 e. The molecule has 4 aliphatic heterocycles. The molecule has 6 nitrogen and oxygen atoms in total. The van der Waals surface area contributed by atoms with Gasteiger partial charge >= 0.3 is 0 Å². The average molecular weight is 1580 g/mol. The van der Waals surface area contributed by atoms with Crippen molar-refractivity contribution >= 4 is 199 Å². The van der Waals surface area contributed by atoms with E-state index in [-0.39, 0.29) is 29.7 Å². The van der Waals surface area contributed by atoms with E-state index in [9.17, 15) is 0 Å². The quantitative estimate of drug-likeness (QED) is 0.157. The van der Waals surface area contributed by atoms with Crippen molar-refractivity contribution in [2.24, 2.45) is 0 Å². The number of hydrogen-bond acceptors (Lipinski definition) is 0. The first-order valence-corrected chi connectivity index (χ1v) is 44.1. The third kappa shape index (κ3) is 9.42. The monoisotopic (exact) mass is 1580 g/mol. The summed E-state index contributed by atoms with van der Waals surface area (Å²) in [6.07, 6.45) is 0. The highest BCUT2D eigenvalue weighted by Crippen LogP contribution is 2.51. The van der Waals surface area contributed by atoms with Gasteiger partial charge in [-0.2, -0.15) is 0 Å². The lowest BCUT2D eigenvalue weighted by atomic mass is 9.34.